The van der Waals surface area contributed by atoms with Gasteiger partial charge in [0, 0.05) is 22.2 Å². The minimum Gasteiger partial charge on any atom is -0.497 e. The van der Waals surface area contributed by atoms with E-state index in [0.717, 1.165) is 44.8 Å². The van der Waals surface area contributed by atoms with Gasteiger partial charge in [-0.05, 0) is 48.0 Å². The summed E-state index contributed by atoms with van der Waals surface area (Å²) in [5.74, 6) is 0.833. The number of hydrogen-bond donors (Lipinski definition) is 1. The van der Waals surface area contributed by atoms with Crippen LogP contribution in [-0.4, -0.2) is 12.1 Å². The molecule has 150 valence electrons. The summed E-state index contributed by atoms with van der Waals surface area (Å²) in [5.41, 5.74) is 7.35. The lowest BCUT2D eigenvalue weighted by Crippen LogP contribution is -1.97. The smallest absolute Gasteiger partial charge is 0.118 e. The third-order valence-corrected chi connectivity index (χ3v) is 5.38. The molecule has 5 aromatic rings. The fourth-order valence-corrected chi connectivity index (χ4v) is 3.80. The number of ether oxygens (including phenoxy) is 1. The molecule has 0 unspecified atom stereocenters. The summed E-state index contributed by atoms with van der Waals surface area (Å²) in [7, 11) is 1.68. The largest absolute Gasteiger partial charge is 0.497 e. The van der Waals surface area contributed by atoms with Gasteiger partial charge in [-0.3, -0.25) is 0 Å². The van der Waals surface area contributed by atoms with Gasteiger partial charge in [-0.25, -0.2) is 4.98 Å². The number of hydrogen-bond acceptors (Lipinski definition) is 3. The third kappa shape index (κ3) is 3.86. The van der Waals surface area contributed by atoms with Crippen molar-refractivity contribution in [3.05, 3.63) is 109 Å². The Morgan fingerprint density at radius 2 is 1.35 bits per heavy atom. The average Bonchev–Trinajstić information content (AvgIpc) is 2.85. The van der Waals surface area contributed by atoms with E-state index in [2.05, 4.69) is 72.0 Å². The highest BCUT2D eigenvalue weighted by Crippen LogP contribution is 2.34. The zero-order valence-electron chi connectivity index (χ0n) is 17.2. The minimum atomic E-state index is 0.833. The second-order valence-corrected chi connectivity index (χ2v) is 7.34. The Bertz CT molecular complexity index is 1330. The normalized spacial score (nSPS) is 10.7. The van der Waals surface area contributed by atoms with Crippen LogP contribution in [0.4, 0.5) is 11.4 Å². The number of methoxy groups -OCH3 is 1. The first-order valence-corrected chi connectivity index (χ1v) is 10.3. The van der Waals surface area contributed by atoms with Crippen molar-refractivity contribution in [1.82, 2.24) is 4.98 Å². The molecule has 1 N–H and O–H groups in total. The van der Waals surface area contributed by atoms with Crippen LogP contribution in [0.2, 0.25) is 0 Å². The number of rotatable bonds is 5. The SMILES string of the molecule is COc1ccc(-c2cc(Nc3ccccc3-c3ccccc3)c3ccccc3n2)cc1. The number of anilines is 2. The Hall–Kier alpha value is -4.11. The predicted molar refractivity (Wildman–Crippen MR) is 129 cm³/mol. The fraction of sp³-hybridized carbons (Fsp3) is 0.0357. The van der Waals surface area contributed by atoms with Crippen LogP contribution < -0.4 is 10.1 Å². The van der Waals surface area contributed by atoms with Crippen molar-refractivity contribution < 1.29 is 4.74 Å². The third-order valence-electron chi connectivity index (χ3n) is 5.38. The number of para-hydroxylation sites is 2. The highest BCUT2D eigenvalue weighted by Gasteiger charge is 2.11. The van der Waals surface area contributed by atoms with Gasteiger partial charge in [0.25, 0.3) is 0 Å². The van der Waals surface area contributed by atoms with Crippen LogP contribution in [0.15, 0.2) is 109 Å². The molecule has 31 heavy (non-hydrogen) atoms. The number of nitrogens with one attached hydrogen (secondary N) is 1. The molecule has 3 heteroatoms. The summed E-state index contributed by atoms with van der Waals surface area (Å²) in [6.45, 7) is 0. The molecule has 1 aromatic heterocycles. The second-order valence-electron chi connectivity index (χ2n) is 7.34. The van der Waals surface area contributed by atoms with E-state index in [4.69, 9.17) is 9.72 Å². The minimum absolute atomic E-state index is 0.833. The summed E-state index contributed by atoms with van der Waals surface area (Å²) in [6, 6.07) is 37.2. The zero-order chi connectivity index (χ0) is 21.0. The molecule has 0 fully saturated rings. The quantitative estimate of drug-likeness (QED) is 0.334. The van der Waals surface area contributed by atoms with Crippen molar-refractivity contribution in [2.24, 2.45) is 0 Å². The summed E-state index contributed by atoms with van der Waals surface area (Å²) in [6.07, 6.45) is 0. The lowest BCUT2D eigenvalue weighted by molar-refractivity contribution is 0.415. The highest BCUT2D eigenvalue weighted by molar-refractivity contribution is 5.97. The van der Waals surface area contributed by atoms with E-state index in [9.17, 15) is 0 Å². The molecule has 0 spiro atoms. The monoisotopic (exact) mass is 402 g/mol. The molecule has 0 atom stereocenters. The van der Waals surface area contributed by atoms with Crippen molar-refractivity contribution in [3.8, 4) is 28.1 Å². The van der Waals surface area contributed by atoms with E-state index in [1.807, 2.05) is 42.5 Å². The van der Waals surface area contributed by atoms with Crippen LogP contribution in [0, 0.1) is 0 Å². The van der Waals surface area contributed by atoms with Gasteiger partial charge in [0.05, 0.1) is 24.0 Å². The first kappa shape index (κ1) is 18.9. The lowest BCUT2D eigenvalue weighted by Gasteiger charge is -2.15. The van der Waals surface area contributed by atoms with Gasteiger partial charge in [-0.2, -0.15) is 0 Å². The number of fused-ring (bicyclic) bond motifs is 1. The van der Waals surface area contributed by atoms with Crippen LogP contribution in [0.25, 0.3) is 33.3 Å². The summed E-state index contributed by atoms with van der Waals surface area (Å²) >= 11 is 0. The van der Waals surface area contributed by atoms with E-state index in [-0.39, 0.29) is 0 Å². The fourth-order valence-electron chi connectivity index (χ4n) is 3.80. The van der Waals surface area contributed by atoms with Crippen LogP contribution in [0.5, 0.6) is 5.75 Å². The molecule has 5 rings (SSSR count). The number of benzene rings is 4. The predicted octanol–water partition coefficient (Wildman–Crippen LogP) is 7.32. The van der Waals surface area contributed by atoms with E-state index >= 15 is 0 Å². The summed E-state index contributed by atoms with van der Waals surface area (Å²) in [4.78, 5) is 4.90. The molecule has 0 saturated heterocycles. The van der Waals surface area contributed by atoms with E-state index in [0.29, 0.717) is 0 Å². The Labute approximate surface area is 182 Å². The molecule has 4 aromatic carbocycles. The Morgan fingerprint density at radius 1 is 0.645 bits per heavy atom. The van der Waals surface area contributed by atoms with Crippen molar-refractivity contribution in [3.63, 3.8) is 0 Å². The maximum atomic E-state index is 5.30. The van der Waals surface area contributed by atoms with Crippen molar-refractivity contribution in [2.45, 2.75) is 0 Å². The van der Waals surface area contributed by atoms with Gasteiger partial charge in [0.2, 0.25) is 0 Å². The van der Waals surface area contributed by atoms with Crippen LogP contribution >= 0.6 is 0 Å². The molecule has 0 aliphatic rings. The topological polar surface area (TPSA) is 34.1 Å². The molecule has 1 heterocycles. The van der Waals surface area contributed by atoms with Gasteiger partial charge in [0.15, 0.2) is 0 Å². The maximum Gasteiger partial charge on any atom is 0.118 e. The molecule has 0 aliphatic heterocycles. The van der Waals surface area contributed by atoms with Gasteiger partial charge in [0.1, 0.15) is 5.75 Å². The van der Waals surface area contributed by atoms with E-state index in [1.165, 1.54) is 5.56 Å². The van der Waals surface area contributed by atoms with Crippen molar-refractivity contribution in [2.75, 3.05) is 12.4 Å². The highest BCUT2D eigenvalue weighted by atomic mass is 16.5. The number of aromatic nitrogens is 1. The lowest BCUT2D eigenvalue weighted by atomic mass is 10.0. The molecule has 3 nitrogen and oxygen atoms in total. The standard InChI is InChI=1S/C28H22N2O/c1-31-22-17-15-21(16-18-22)27-19-28(24-12-6-8-14-26(24)29-27)30-25-13-7-5-11-23(25)20-9-3-2-4-10-20/h2-19H,1H3,(H,29,30). The van der Waals surface area contributed by atoms with E-state index < -0.39 is 0 Å². The van der Waals surface area contributed by atoms with Gasteiger partial charge < -0.3 is 10.1 Å². The molecule has 0 amide bonds. The van der Waals surface area contributed by atoms with Crippen LogP contribution in [0.3, 0.4) is 0 Å². The number of nitrogens with zero attached hydrogens (tertiary/aromatic N) is 1. The van der Waals surface area contributed by atoms with Crippen LogP contribution in [0.1, 0.15) is 0 Å². The van der Waals surface area contributed by atoms with Crippen LogP contribution in [-0.2, 0) is 0 Å². The Kier molecular flexibility index (Phi) is 5.07. The average molecular weight is 402 g/mol. The van der Waals surface area contributed by atoms with E-state index in [1.54, 1.807) is 7.11 Å². The summed E-state index contributed by atoms with van der Waals surface area (Å²) in [5, 5.41) is 4.77. The number of pyridine rings is 1. The molecule has 0 aliphatic carbocycles. The Morgan fingerprint density at radius 3 is 2.16 bits per heavy atom. The maximum absolute atomic E-state index is 5.30. The Balaban J connectivity index is 1.62. The second kappa shape index (κ2) is 8.33. The molecule has 0 bridgehead atoms. The zero-order valence-corrected chi connectivity index (χ0v) is 17.2. The molecular formula is C28H22N2O. The van der Waals surface area contributed by atoms with Gasteiger partial charge >= 0.3 is 0 Å². The van der Waals surface area contributed by atoms with Gasteiger partial charge in [-0.15, -0.1) is 0 Å². The molecular weight excluding hydrogens is 380 g/mol. The first-order chi connectivity index (χ1) is 15.3. The summed E-state index contributed by atoms with van der Waals surface area (Å²) < 4.78 is 5.30. The van der Waals surface area contributed by atoms with Crippen molar-refractivity contribution in [1.29, 1.82) is 0 Å². The van der Waals surface area contributed by atoms with Gasteiger partial charge in [-0.1, -0.05) is 66.7 Å². The van der Waals surface area contributed by atoms with Crippen molar-refractivity contribution >= 4 is 22.3 Å². The first-order valence-electron chi connectivity index (χ1n) is 10.3. The molecule has 0 saturated carbocycles. The molecule has 0 radical (unpaired) electrons.